The minimum Gasteiger partial charge on any atom is -0.317 e. The van der Waals surface area contributed by atoms with Gasteiger partial charge >= 0.3 is 0 Å². The van der Waals surface area contributed by atoms with E-state index in [1.54, 1.807) is 5.56 Å². The van der Waals surface area contributed by atoms with E-state index in [-0.39, 0.29) is 0 Å². The van der Waals surface area contributed by atoms with Crippen molar-refractivity contribution in [1.82, 2.24) is 5.32 Å². The zero-order valence-corrected chi connectivity index (χ0v) is 12.1. The van der Waals surface area contributed by atoms with Crippen LogP contribution >= 0.6 is 0 Å². The molecule has 0 saturated heterocycles. The number of hydrogen-bond donors (Lipinski definition) is 1. The average Bonchev–Trinajstić information content (AvgIpc) is 2.59. The van der Waals surface area contributed by atoms with Crippen LogP contribution in [0.1, 0.15) is 48.8 Å². The maximum Gasteiger partial charge on any atom is 0.00668 e. The second-order valence-corrected chi connectivity index (χ2v) is 6.01. The molecule has 0 aromatic heterocycles. The van der Waals surface area contributed by atoms with Gasteiger partial charge in [0.05, 0.1) is 0 Å². The van der Waals surface area contributed by atoms with Crippen LogP contribution in [-0.4, -0.2) is 13.1 Å². The standard InChI is InChI=1S/C17H27N/c1-13-8-9-14(2)16(10-13)11-15-6-4-5-7-17(12-15)18-3/h8-10,15,17-18H,4-7,11-12H2,1-3H3. The van der Waals surface area contributed by atoms with Gasteiger partial charge in [0.15, 0.2) is 0 Å². The Labute approximate surface area is 112 Å². The molecule has 1 heteroatoms. The first kappa shape index (κ1) is 13.6. The highest BCUT2D eigenvalue weighted by Gasteiger charge is 2.19. The molecule has 2 unspecified atom stereocenters. The van der Waals surface area contributed by atoms with Crippen LogP contribution in [0.5, 0.6) is 0 Å². The normalized spacial score (nSPS) is 24.8. The topological polar surface area (TPSA) is 12.0 Å². The number of benzene rings is 1. The molecule has 100 valence electrons. The SMILES string of the molecule is CNC1CCCCC(Cc2cc(C)ccc2C)C1. The third-order valence-corrected chi connectivity index (χ3v) is 4.45. The van der Waals surface area contributed by atoms with Gasteiger partial charge in [-0.05, 0) is 57.2 Å². The van der Waals surface area contributed by atoms with Crippen molar-refractivity contribution in [3.63, 3.8) is 0 Å². The van der Waals surface area contributed by atoms with Crippen LogP contribution in [0.25, 0.3) is 0 Å². The van der Waals surface area contributed by atoms with Gasteiger partial charge in [-0.1, -0.05) is 43.0 Å². The Bertz CT molecular complexity index is 383. The third kappa shape index (κ3) is 3.58. The first-order chi connectivity index (χ1) is 8.69. The molecule has 1 aliphatic carbocycles. The molecule has 1 aliphatic rings. The van der Waals surface area contributed by atoms with Crippen molar-refractivity contribution in [3.05, 3.63) is 34.9 Å². The summed E-state index contributed by atoms with van der Waals surface area (Å²) in [6.07, 6.45) is 8.20. The summed E-state index contributed by atoms with van der Waals surface area (Å²) >= 11 is 0. The van der Waals surface area contributed by atoms with Gasteiger partial charge < -0.3 is 5.32 Å². The van der Waals surface area contributed by atoms with Crippen LogP contribution in [0.15, 0.2) is 18.2 Å². The lowest BCUT2D eigenvalue weighted by atomic mass is 9.89. The maximum absolute atomic E-state index is 3.49. The van der Waals surface area contributed by atoms with Crippen molar-refractivity contribution < 1.29 is 0 Å². The smallest absolute Gasteiger partial charge is 0.00668 e. The highest BCUT2D eigenvalue weighted by atomic mass is 14.9. The van der Waals surface area contributed by atoms with Crippen LogP contribution in [0.3, 0.4) is 0 Å². The molecule has 1 saturated carbocycles. The van der Waals surface area contributed by atoms with Crippen LogP contribution in [0.4, 0.5) is 0 Å². The second kappa shape index (κ2) is 6.38. The highest BCUT2D eigenvalue weighted by molar-refractivity contribution is 5.30. The summed E-state index contributed by atoms with van der Waals surface area (Å²) in [5.74, 6) is 0.866. The van der Waals surface area contributed by atoms with E-state index < -0.39 is 0 Å². The van der Waals surface area contributed by atoms with Gasteiger partial charge in [0.25, 0.3) is 0 Å². The van der Waals surface area contributed by atoms with Gasteiger partial charge in [0.1, 0.15) is 0 Å². The molecule has 1 N–H and O–H groups in total. The van der Waals surface area contributed by atoms with Crippen molar-refractivity contribution in [3.8, 4) is 0 Å². The Kier molecular flexibility index (Phi) is 4.82. The summed E-state index contributed by atoms with van der Waals surface area (Å²) < 4.78 is 0. The number of hydrogen-bond acceptors (Lipinski definition) is 1. The summed E-state index contributed by atoms with van der Waals surface area (Å²) in [5, 5.41) is 3.49. The van der Waals surface area contributed by atoms with Crippen molar-refractivity contribution in [2.45, 2.75) is 58.4 Å². The van der Waals surface area contributed by atoms with Gasteiger partial charge in [0.2, 0.25) is 0 Å². The lowest BCUT2D eigenvalue weighted by molar-refractivity contribution is 0.400. The molecule has 1 fully saturated rings. The molecule has 2 rings (SSSR count). The molecule has 1 aromatic rings. The van der Waals surface area contributed by atoms with Crippen molar-refractivity contribution in [2.75, 3.05) is 7.05 Å². The Morgan fingerprint density at radius 3 is 2.72 bits per heavy atom. The average molecular weight is 245 g/mol. The predicted molar refractivity (Wildman–Crippen MR) is 79.0 cm³/mol. The maximum atomic E-state index is 3.49. The molecule has 0 radical (unpaired) electrons. The first-order valence-electron chi connectivity index (χ1n) is 7.42. The third-order valence-electron chi connectivity index (χ3n) is 4.45. The number of aryl methyl sites for hydroxylation is 2. The molecular formula is C17H27N. The molecular weight excluding hydrogens is 218 g/mol. The minimum atomic E-state index is 0.739. The largest absolute Gasteiger partial charge is 0.317 e. The number of rotatable bonds is 3. The van der Waals surface area contributed by atoms with E-state index in [0.29, 0.717) is 0 Å². The fourth-order valence-corrected chi connectivity index (χ4v) is 3.24. The van der Waals surface area contributed by atoms with E-state index in [1.165, 1.54) is 49.7 Å². The predicted octanol–water partition coefficient (Wildman–Crippen LogP) is 4.01. The van der Waals surface area contributed by atoms with Crippen LogP contribution < -0.4 is 5.32 Å². The van der Waals surface area contributed by atoms with Crippen molar-refractivity contribution >= 4 is 0 Å². The van der Waals surface area contributed by atoms with Gasteiger partial charge in [-0.15, -0.1) is 0 Å². The molecule has 0 aliphatic heterocycles. The van der Waals surface area contributed by atoms with Gasteiger partial charge in [-0.3, -0.25) is 0 Å². The molecule has 0 bridgehead atoms. The van der Waals surface area contributed by atoms with E-state index in [9.17, 15) is 0 Å². The summed E-state index contributed by atoms with van der Waals surface area (Å²) in [7, 11) is 2.12. The van der Waals surface area contributed by atoms with Gasteiger partial charge in [-0.25, -0.2) is 0 Å². The Hall–Kier alpha value is -0.820. The first-order valence-corrected chi connectivity index (χ1v) is 7.42. The Balaban J connectivity index is 2.04. The summed E-state index contributed by atoms with van der Waals surface area (Å²) in [5.41, 5.74) is 4.43. The van der Waals surface area contributed by atoms with Gasteiger partial charge in [0, 0.05) is 6.04 Å². The molecule has 0 amide bonds. The van der Waals surface area contributed by atoms with Crippen molar-refractivity contribution in [1.29, 1.82) is 0 Å². The van der Waals surface area contributed by atoms with Gasteiger partial charge in [-0.2, -0.15) is 0 Å². The van der Waals surface area contributed by atoms with Crippen LogP contribution in [0.2, 0.25) is 0 Å². The van der Waals surface area contributed by atoms with E-state index >= 15 is 0 Å². The lowest BCUT2D eigenvalue weighted by Crippen LogP contribution is -2.26. The molecule has 1 nitrogen and oxygen atoms in total. The summed E-state index contributed by atoms with van der Waals surface area (Å²) in [4.78, 5) is 0. The quantitative estimate of drug-likeness (QED) is 0.793. The fourth-order valence-electron chi connectivity index (χ4n) is 3.24. The van der Waals surface area contributed by atoms with E-state index in [2.05, 4.69) is 44.4 Å². The molecule has 2 atom stereocenters. The van der Waals surface area contributed by atoms with E-state index in [4.69, 9.17) is 0 Å². The minimum absolute atomic E-state index is 0.739. The summed E-state index contributed by atoms with van der Waals surface area (Å²) in [6, 6.07) is 7.62. The molecule has 18 heavy (non-hydrogen) atoms. The van der Waals surface area contributed by atoms with Crippen LogP contribution in [0, 0.1) is 19.8 Å². The molecule has 0 spiro atoms. The Morgan fingerprint density at radius 1 is 1.17 bits per heavy atom. The molecule has 1 aromatic carbocycles. The molecule has 0 heterocycles. The zero-order valence-electron chi connectivity index (χ0n) is 12.1. The monoisotopic (exact) mass is 245 g/mol. The lowest BCUT2D eigenvalue weighted by Gasteiger charge is -2.20. The number of nitrogens with one attached hydrogen (secondary N) is 1. The van der Waals surface area contributed by atoms with E-state index in [0.717, 1.165) is 12.0 Å². The summed E-state index contributed by atoms with van der Waals surface area (Å²) in [6.45, 7) is 4.45. The second-order valence-electron chi connectivity index (χ2n) is 6.01. The zero-order chi connectivity index (χ0) is 13.0. The highest BCUT2D eigenvalue weighted by Crippen LogP contribution is 2.27. The van der Waals surface area contributed by atoms with Crippen LogP contribution in [-0.2, 0) is 6.42 Å². The fraction of sp³-hybridized carbons (Fsp3) is 0.647. The Morgan fingerprint density at radius 2 is 1.94 bits per heavy atom. The van der Waals surface area contributed by atoms with Crippen molar-refractivity contribution in [2.24, 2.45) is 5.92 Å². The van der Waals surface area contributed by atoms with E-state index in [1.807, 2.05) is 0 Å².